The Kier molecular flexibility index (Phi) is 3.87. The molecule has 0 aromatic carbocycles. The number of nitrogens with one attached hydrogen (secondary N) is 2. The standard InChI is InChI=1S/C17H23N3O2S/c21-14(19-10-15(22)20-16-18-1-2-23-16)9-17-6-11-3-12(7-17)5-13(4-11)8-17/h1-2,11-13H,3-10H2,(H,19,21)(H,18,20,22). The summed E-state index contributed by atoms with van der Waals surface area (Å²) in [6.45, 7) is 0.0325. The highest BCUT2D eigenvalue weighted by atomic mass is 32.1. The van der Waals surface area contributed by atoms with Crippen LogP contribution in [-0.4, -0.2) is 23.3 Å². The Morgan fingerprint density at radius 2 is 1.78 bits per heavy atom. The number of nitrogens with zero attached hydrogens (tertiary/aromatic N) is 1. The van der Waals surface area contributed by atoms with Crippen LogP contribution in [0.15, 0.2) is 11.6 Å². The van der Waals surface area contributed by atoms with Gasteiger partial charge in [0.25, 0.3) is 0 Å². The first-order chi connectivity index (χ1) is 11.1. The van der Waals surface area contributed by atoms with Gasteiger partial charge in [-0.1, -0.05) is 0 Å². The van der Waals surface area contributed by atoms with E-state index in [0.29, 0.717) is 11.6 Å². The Morgan fingerprint density at radius 3 is 2.35 bits per heavy atom. The van der Waals surface area contributed by atoms with E-state index >= 15 is 0 Å². The monoisotopic (exact) mass is 333 g/mol. The van der Waals surface area contributed by atoms with Gasteiger partial charge in [-0.05, 0) is 61.7 Å². The van der Waals surface area contributed by atoms with E-state index in [1.54, 1.807) is 11.6 Å². The molecule has 0 radical (unpaired) electrons. The number of amides is 2. The number of rotatable bonds is 5. The van der Waals surface area contributed by atoms with Crippen molar-refractivity contribution in [1.29, 1.82) is 0 Å². The van der Waals surface area contributed by atoms with Gasteiger partial charge in [-0.3, -0.25) is 9.59 Å². The predicted octanol–water partition coefficient (Wildman–Crippen LogP) is 2.80. The van der Waals surface area contributed by atoms with Gasteiger partial charge in [0.05, 0.1) is 6.54 Å². The van der Waals surface area contributed by atoms with Gasteiger partial charge in [-0.2, -0.15) is 0 Å². The minimum absolute atomic E-state index is 0.0289. The number of carbonyl (C=O) groups excluding carboxylic acids is 2. The molecule has 5 rings (SSSR count). The lowest BCUT2D eigenvalue weighted by molar-refractivity contribution is -0.131. The van der Waals surface area contributed by atoms with Gasteiger partial charge < -0.3 is 10.6 Å². The SMILES string of the molecule is O=C(CC12CC3CC(CC(C3)C1)C2)NCC(=O)Nc1nccs1. The van der Waals surface area contributed by atoms with Crippen molar-refractivity contribution in [2.45, 2.75) is 44.9 Å². The van der Waals surface area contributed by atoms with Crippen LogP contribution < -0.4 is 10.6 Å². The molecule has 2 N–H and O–H groups in total. The Bertz CT molecular complexity index is 564. The first kappa shape index (κ1) is 15.1. The van der Waals surface area contributed by atoms with Crippen LogP contribution in [-0.2, 0) is 9.59 Å². The average molecular weight is 333 g/mol. The van der Waals surface area contributed by atoms with Gasteiger partial charge in [0.15, 0.2) is 5.13 Å². The van der Waals surface area contributed by atoms with E-state index in [0.717, 1.165) is 17.8 Å². The van der Waals surface area contributed by atoms with E-state index in [2.05, 4.69) is 15.6 Å². The van der Waals surface area contributed by atoms with Crippen LogP contribution in [0.1, 0.15) is 44.9 Å². The molecule has 0 aliphatic heterocycles. The molecule has 4 bridgehead atoms. The molecule has 1 aromatic rings. The second-order valence-corrected chi connectivity index (χ2v) is 8.65. The van der Waals surface area contributed by atoms with E-state index in [1.807, 2.05) is 0 Å². The van der Waals surface area contributed by atoms with Crippen molar-refractivity contribution in [1.82, 2.24) is 10.3 Å². The van der Waals surface area contributed by atoms with Gasteiger partial charge in [-0.25, -0.2) is 4.98 Å². The molecule has 4 aliphatic rings. The topological polar surface area (TPSA) is 71.1 Å². The van der Waals surface area contributed by atoms with Gasteiger partial charge in [0, 0.05) is 18.0 Å². The Morgan fingerprint density at radius 1 is 1.13 bits per heavy atom. The number of aromatic nitrogens is 1. The molecule has 0 spiro atoms. The summed E-state index contributed by atoms with van der Waals surface area (Å²) in [6, 6.07) is 0. The highest BCUT2D eigenvalue weighted by molar-refractivity contribution is 7.13. The van der Waals surface area contributed by atoms with E-state index in [9.17, 15) is 9.59 Å². The fraction of sp³-hybridized carbons (Fsp3) is 0.706. The molecular weight excluding hydrogens is 310 g/mol. The first-order valence-electron chi connectivity index (χ1n) is 8.56. The first-order valence-corrected chi connectivity index (χ1v) is 9.44. The number of anilines is 1. The number of thiazole rings is 1. The maximum absolute atomic E-state index is 12.3. The third-order valence-electron chi connectivity index (χ3n) is 5.83. The molecule has 4 saturated carbocycles. The molecule has 0 atom stereocenters. The summed E-state index contributed by atoms with van der Waals surface area (Å²) >= 11 is 1.37. The second-order valence-electron chi connectivity index (χ2n) is 7.76. The molecule has 4 fully saturated rings. The van der Waals surface area contributed by atoms with Crippen LogP contribution in [0.5, 0.6) is 0 Å². The fourth-order valence-corrected chi connectivity index (χ4v) is 6.08. The van der Waals surface area contributed by atoms with E-state index in [-0.39, 0.29) is 23.8 Å². The lowest BCUT2D eigenvalue weighted by atomic mass is 9.49. The Hall–Kier alpha value is -1.43. The molecule has 1 aromatic heterocycles. The van der Waals surface area contributed by atoms with Crippen LogP contribution in [0.2, 0.25) is 0 Å². The summed E-state index contributed by atoms with van der Waals surface area (Å²) in [5, 5.41) is 7.87. The van der Waals surface area contributed by atoms with Crippen molar-refractivity contribution in [2.75, 3.05) is 11.9 Å². The summed E-state index contributed by atoms with van der Waals surface area (Å²) in [5.74, 6) is 2.37. The largest absolute Gasteiger partial charge is 0.347 e. The zero-order chi connectivity index (χ0) is 15.9. The second kappa shape index (κ2) is 5.89. The van der Waals surface area contributed by atoms with Crippen LogP contribution >= 0.6 is 11.3 Å². The molecule has 0 unspecified atom stereocenters. The van der Waals surface area contributed by atoms with Crippen LogP contribution in [0.25, 0.3) is 0 Å². The highest BCUT2D eigenvalue weighted by Crippen LogP contribution is 2.61. The van der Waals surface area contributed by atoms with Gasteiger partial charge in [0.1, 0.15) is 0 Å². The van der Waals surface area contributed by atoms with Crippen LogP contribution in [0, 0.1) is 23.2 Å². The zero-order valence-corrected chi connectivity index (χ0v) is 14.0. The van der Waals surface area contributed by atoms with Gasteiger partial charge in [-0.15, -0.1) is 11.3 Å². The molecule has 0 saturated heterocycles. The normalized spacial score (nSPS) is 34.3. The molecule has 5 nitrogen and oxygen atoms in total. The summed E-state index contributed by atoms with van der Waals surface area (Å²) in [7, 11) is 0. The minimum Gasteiger partial charge on any atom is -0.347 e. The van der Waals surface area contributed by atoms with Crippen molar-refractivity contribution in [3.63, 3.8) is 0 Å². The van der Waals surface area contributed by atoms with Gasteiger partial charge >= 0.3 is 0 Å². The molecule has 6 heteroatoms. The van der Waals surface area contributed by atoms with Crippen molar-refractivity contribution < 1.29 is 9.59 Å². The Balaban J connectivity index is 1.28. The fourth-order valence-electron chi connectivity index (χ4n) is 5.54. The molecule has 2 amide bonds. The summed E-state index contributed by atoms with van der Waals surface area (Å²) < 4.78 is 0. The Labute approximate surface area is 140 Å². The third-order valence-corrected chi connectivity index (χ3v) is 6.51. The number of hydrogen-bond acceptors (Lipinski definition) is 4. The molecule has 23 heavy (non-hydrogen) atoms. The maximum Gasteiger partial charge on any atom is 0.245 e. The lowest BCUT2D eigenvalue weighted by Crippen LogP contribution is -2.48. The van der Waals surface area contributed by atoms with Crippen molar-refractivity contribution in [3.05, 3.63) is 11.6 Å². The molecule has 124 valence electrons. The quantitative estimate of drug-likeness (QED) is 0.870. The van der Waals surface area contributed by atoms with Gasteiger partial charge in [0.2, 0.25) is 11.8 Å². The van der Waals surface area contributed by atoms with Crippen molar-refractivity contribution >= 4 is 28.3 Å². The highest BCUT2D eigenvalue weighted by Gasteiger charge is 2.51. The van der Waals surface area contributed by atoms with Crippen LogP contribution in [0.3, 0.4) is 0 Å². The lowest BCUT2D eigenvalue weighted by Gasteiger charge is -2.56. The number of carbonyl (C=O) groups is 2. The minimum atomic E-state index is -0.209. The van der Waals surface area contributed by atoms with Crippen LogP contribution in [0.4, 0.5) is 5.13 Å². The van der Waals surface area contributed by atoms with Crippen molar-refractivity contribution in [3.8, 4) is 0 Å². The average Bonchev–Trinajstić information content (AvgIpc) is 2.96. The van der Waals surface area contributed by atoms with E-state index in [4.69, 9.17) is 0 Å². The molecule has 1 heterocycles. The van der Waals surface area contributed by atoms with E-state index < -0.39 is 0 Å². The summed E-state index contributed by atoms with van der Waals surface area (Å²) in [6.07, 6.45) is 10.1. The van der Waals surface area contributed by atoms with E-state index in [1.165, 1.54) is 49.9 Å². The molecular formula is C17H23N3O2S. The molecule has 4 aliphatic carbocycles. The predicted molar refractivity (Wildman–Crippen MR) is 89.0 cm³/mol. The smallest absolute Gasteiger partial charge is 0.245 e. The zero-order valence-electron chi connectivity index (χ0n) is 13.2. The summed E-state index contributed by atoms with van der Waals surface area (Å²) in [4.78, 5) is 28.2. The number of hydrogen-bond donors (Lipinski definition) is 2. The third kappa shape index (κ3) is 3.27. The van der Waals surface area contributed by atoms with Crippen molar-refractivity contribution in [2.24, 2.45) is 23.2 Å². The maximum atomic E-state index is 12.3. The summed E-state index contributed by atoms with van der Waals surface area (Å²) in [5.41, 5.74) is 0.227.